The monoisotopic (exact) mass is 528 g/mol. The highest BCUT2D eigenvalue weighted by Gasteiger charge is 2.68. The molecule has 0 aliphatic heterocycles. The second kappa shape index (κ2) is 9.39. The van der Waals surface area contributed by atoms with Crippen LogP contribution in [0.3, 0.4) is 0 Å². The molecule has 1 N–H and O–H groups in total. The summed E-state index contributed by atoms with van der Waals surface area (Å²) in [6, 6.07) is 17.3. The van der Waals surface area contributed by atoms with Gasteiger partial charge in [0.2, 0.25) is 0 Å². The van der Waals surface area contributed by atoms with Crippen molar-refractivity contribution in [1.29, 1.82) is 0 Å². The Morgan fingerprint density at radius 3 is 2.51 bits per heavy atom. The summed E-state index contributed by atoms with van der Waals surface area (Å²) < 4.78 is 26.8. The number of halogens is 1. The van der Waals surface area contributed by atoms with E-state index in [0.29, 0.717) is 23.8 Å². The van der Waals surface area contributed by atoms with Gasteiger partial charge in [0.15, 0.2) is 0 Å². The van der Waals surface area contributed by atoms with E-state index in [4.69, 9.17) is 9.47 Å². The van der Waals surface area contributed by atoms with Crippen molar-refractivity contribution in [3.05, 3.63) is 82.7 Å². The smallest absolute Gasteiger partial charge is 0.307 e. The van der Waals surface area contributed by atoms with Crippen LogP contribution in [-0.2, 0) is 23.2 Å². The van der Waals surface area contributed by atoms with Gasteiger partial charge in [-0.3, -0.25) is 4.79 Å². The molecule has 3 aromatic carbocycles. The molecule has 4 atom stereocenters. The number of benzene rings is 3. The standard InChI is InChI=1S/C34H37FO4/c1-20-31(32(36)37)34(20)15-13-22-8-9-24(18-29(22)34)39-19-21-7-11-25(27-17-23(38-4)10-12-30(27)35)26(16-21)28-6-5-14-33(28,2)3/h7-12,16-18,20,28,31H,5-6,13-15,19H2,1-4H3,(H,36,37)/t20-,28+,31+,34+/m1/s1. The van der Waals surface area contributed by atoms with Gasteiger partial charge < -0.3 is 14.6 Å². The second-order valence-corrected chi connectivity index (χ2v) is 12.5. The van der Waals surface area contributed by atoms with Gasteiger partial charge in [0.25, 0.3) is 0 Å². The van der Waals surface area contributed by atoms with Crippen LogP contribution in [0.2, 0.25) is 0 Å². The van der Waals surface area contributed by atoms with Gasteiger partial charge in [-0.2, -0.15) is 0 Å². The molecule has 2 fully saturated rings. The molecule has 39 heavy (non-hydrogen) atoms. The topological polar surface area (TPSA) is 55.8 Å². The van der Waals surface area contributed by atoms with Crippen molar-refractivity contribution in [3.63, 3.8) is 0 Å². The number of rotatable bonds is 7. The SMILES string of the molecule is COc1ccc(F)c(-c2ccc(COc3ccc4c(c3)[C@]3(CC4)[C@H](C)[C@H]3C(=O)O)cc2[C@@H]2CCCC2(C)C)c1. The zero-order valence-corrected chi connectivity index (χ0v) is 23.2. The first-order valence-corrected chi connectivity index (χ1v) is 14.1. The number of carboxylic acid groups (broad SMARTS) is 1. The van der Waals surface area contributed by atoms with Gasteiger partial charge in [0.1, 0.15) is 23.9 Å². The number of hydrogen-bond donors (Lipinski definition) is 1. The Kier molecular flexibility index (Phi) is 6.24. The minimum absolute atomic E-state index is 0.125. The average Bonchev–Trinajstić information content (AvgIpc) is 3.15. The van der Waals surface area contributed by atoms with Gasteiger partial charge in [-0.05, 0) is 101 Å². The van der Waals surface area contributed by atoms with E-state index in [1.807, 2.05) is 18.2 Å². The van der Waals surface area contributed by atoms with Gasteiger partial charge in [0, 0.05) is 11.0 Å². The Balaban J connectivity index is 1.31. The zero-order chi connectivity index (χ0) is 27.5. The summed E-state index contributed by atoms with van der Waals surface area (Å²) in [4.78, 5) is 11.9. The predicted octanol–water partition coefficient (Wildman–Crippen LogP) is 7.91. The van der Waals surface area contributed by atoms with Crippen molar-refractivity contribution >= 4 is 5.97 Å². The molecular weight excluding hydrogens is 491 g/mol. The molecule has 3 aromatic rings. The van der Waals surface area contributed by atoms with Gasteiger partial charge in [-0.1, -0.05) is 51.5 Å². The van der Waals surface area contributed by atoms with Crippen LogP contribution in [0.25, 0.3) is 11.1 Å². The zero-order valence-electron chi connectivity index (χ0n) is 23.2. The fourth-order valence-corrected chi connectivity index (χ4v) is 7.78. The maximum Gasteiger partial charge on any atom is 0.307 e. The third-order valence-electron chi connectivity index (χ3n) is 10.0. The van der Waals surface area contributed by atoms with E-state index in [-0.39, 0.29) is 28.5 Å². The summed E-state index contributed by atoms with van der Waals surface area (Å²) in [7, 11) is 1.60. The van der Waals surface area contributed by atoms with Gasteiger partial charge in [0.05, 0.1) is 13.0 Å². The summed E-state index contributed by atoms with van der Waals surface area (Å²) in [5, 5.41) is 9.74. The van der Waals surface area contributed by atoms with Crippen molar-refractivity contribution in [2.75, 3.05) is 7.11 Å². The van der Waals surface area contributed by atoms with Crippen LogP contribution >= 0.6 is 0 Å². The number of ether oxygens (including phenoxy) is 2. The molecule has 0 unspecified atom stereocenters. The average molecular weight is 529 g/mol. The summed E-state index contributed by atoms with van der Waals surface area (Å²) in [6.07, 6.45) is 5.20. The molecule has 0 amide bonds. The maximum absolute atomic E-state index is 15.1. The van der Waals surface area contributed by atoms with Crippen LogP contribution in [0, 0.1) is 23.1 Å². The number of aryl methyl sites for hydroxylation is 1. The third-order valence-corrected chi connectivity index (χ3v) is 10.0. The Labute approximate surface area is 230 Å². The summed E-state index contributed by atoms with van der Waals surface area (Å²) in [5.41, 5.74) is 5.95. The highest BCUT2D eigenvalue weighted by atomic mass is 19.1. The molecular formula is C34H37FO4. The minimum atomic E-state index is -0.698. The minimum Gasteiger partial charge on any atom is -0.497 e. The first-order valence-electron chi connectivity index (χ1n) is 14.1. The van der Waals surface area contributed by atoms with Crippen molar-refractivity contribution in [2.24, 2.45) is 17.3 Å². The molecule has 2 saturated carbocycles. The maximum atomic E-state index is 15.1. The molecule has 4 nitrogen and oxygen atoms in total. The van der Waals surface area contributed by atoms with Crippen molar-refractivity contribution in [1.82, 2.24) is 0 Å². The summed E-state index contributed by atoms with van der Waals surface area (Å²) >= 11 is 0. The normalized spacial score (nSPS) is 26.4. The number of methoxy groups -OCH3 is 1. The molecule has 5 heteroatoms. The second-order valence-electron chi connectivity index (χ2n) is 12.5. The molecule has 3 aliphatic carbocycles. The molecule has 204 valence electrons. The van der Waals surface area contributed by atoms with Crippen molar-refractivity contribution in [3.8, 4) is 22.6 Å². The van der Waals surface area contributed by atoms with E-state index in [2.05, 4.69) is 39.0 Å². The quantitative estimate of drug-likeness (QED) is 0.339. The number of carbonyl (C=O) groups is 1. The molecule has 0 aromatic heterocycles. The van der Waals surface area contributed by atoms with Crippen LogP contribution in [0.5, 0.6) is 11.5 Å². The number of aliphatic carboxylic acids is 1. The van der Waals surface area contributed by atoms with E-state index < -0.39 is 5.97 Å². The lowest BCUT2D eigenvalue weighted by molar-refractivity contribution is -0.139. The van der Waals surface area contributed by atoms with E-state index in [1.54, 1.807) is 19.2 Å². The molecule has 0 saturated heterocycles. The van der Waals surface area contributed by atoms with Crippen LogP contribution < -0.4 is 9.47 Å². The van der Waals surface area contributed by atoms with Crippen LogP contribution in [0.1, 0.15) is 74.6 Å². The summed E-state index contributed by atoms with van der Waals surface area (Å²) in [6.45, 7) is 7.07. The van der Waals surface area contributed by atoms with E-state index >= 15 is 4.39 Å². The lowest BCUT2D eigenvalue weighted by Gasteiger charge is -2.30. The third kappa shape index (κ3) is 4.21. The van der Waals surface area contributed by atoms with Crippen molar-refractivity contribution < 1.29 is 23.8 Å². The predicted molar refractivity (Wildman–Crippen MR) is 150 cm³/mol. The fraction of sp³-hybridized carbons (Fsp3) is 0.441. The van der Waals surface area contributed by atoms with E-state index in [9.17, 15) is 9.90 Å². The van der Waals surface area contributed by atoms with Crippen LogP contribution in [-0.4, -0.2) is 18.2 Å². The Hall–Kier alpha value is -3.34. The molecule has 0 radical (unpaired) electrons. The van der Waals surface area contributed by atoms with Crippen LogP contribution in [0.15, 0.2) is 54.6 Å². The molecule has 6 rings (SSSR count). The Morgan fingerprint density at radius 2 is 1.82 bits per heavy atom. The molecule has 1 spiro atoms. The summed E-state index contributed by atoms with van der Waals surface area (Å²) in [5.74, 6) is 0.616. The highest BCUT2D eigenvalue weighted by molar-refractivity contribution is 5.79. The first-order chi connectivity index (χ1) is 18.7. The number of fused-ring (bicyclic) bond motifs is 2. The highest BCUT2D eigenvalue weighted by Crippen LogP contribution is 2.66. The number of carboxylic acids is 1. The molecule has 0 bridgehead atoms. The van der Waals surface area contributed by atoms with Crippen molar-refractivity contribution in [2.45, 2.75) is 70.8 Å². The van der Waals surface area contributed by atoms with Gasteiger partial charge >= 0.3 is 5.97 Å². The van der Waals surface area contributed by atoms with Gasteiger partial charge in [-0.25, -0.2) is 4.39 Å². The number of hydrogen-bond acceptors (Lipinski definition) is 3. The fourth-order valence-electron chi connectivity index (χ4n) is 7.78. The first kappa shape index (κ1) is 25.9. The van der Waals surface area contributed by atoms with E-state index in [1.165, 1.54) is 11.6 Å². The Bertz CT molecular complexity index is 1440. The lowest BCUT2D eigenvalue weighted by Crippen LogP contribution is -2.17. The van der Waals surface area contributed by atoms with Crippen LogP contribution in [0.4, 0.5) is 4.39 Å². The molecule has 3 aliphatic rings. The van der Waals surface area contributed by atoms with Gasteiger partial charge in [-0.15, -0.1) is 0 Å². The lowest BCUT2D eigenvalue weighted by atomic mass is 9.75. The Morgan fingerprint density at radius 1 is 1.03 bits per heavy atom. The molecule has 0 heterocycles. The van der Waals surface area contributed by atoms with E-state index in [0.717, 1.165) is 60.1 Å². The largest absolute Gasteiger partial charge is 0.497 e.